The topological polar surface area (TPSA) is 75.7 Å². The number of carbonyl (C=O) groups excluding carboxylic acids is 3. The van der Waals surface area contributed by atoms with E-state index in [1.807, 2.05) is 12.1 Å². The minimum Gasteiger partial charge on any atom is -0.497 e. The molecule has 2 aromatic rings. The second kappa shape index (κ2) is 7.35. The van der Waals surface area contributed by atoms with Crippen molar-refractivity contribution in [3.63, 3.8) is 0 Å². The summed E-state index contributed by atoms with van der Waals surface area (Å²) in [7, 11) is 1.57. The van der Waals surface area contributed by atoms with Crippen molar-refractivity contribution in [2.75, 3.05) is 13.7 Å². The van der Waals surface area contributed by atoms with E-state index in [0.29, 0.717) is 5.75 Å². The highest BCUT2D eigenvalue weighted by molar-refractivity contribution is 6.43. The van der Waals surface area contributed by atoms with Gasteiger partial charge in [-0.1, -0.05) is 35.3 Å². The van der Waals surface area contributed by atoms with Gasteiger partial charge in [0.05, 0.1) is 28.3 Å². The van der Waals surface area contributed by atoms with E-state index in [4.69, 9.17) is 27.9 Å². The summed E-state index contributed by atoms with van der Waals surface area (Å²) in [5.41, 5.74) is 1.15. The summed E-state index contributed by atoms with van der Waals surface area (Å²) < 4.78 is 5.07. The molecule has 1 aliphatic heterocycles. The highest BCUT2D eigenvalue weighted by Crippen LogP contribution is 2.31. The van der Waals surface area contributed by atoms with Crippen molar-refractivity contribution < 1.29 is 19.1 Å². The Morgan fingerprint density at radius 1 is 1.04 bits per heavy atom. The van der Waals surface area contributed by atoms with Gasteiger partial charge in [0.1, 0.15) is 12.3 Å². The minimum atomic E-state index is -0.567. The van der Waals surface area contributed by atoms with Crippen LogP contribution < -0.4 is 10.1 Å². The number of carbonyl (C=O) groups is 3. The lowest BCUT2D eigenvalue weighted by Crippen LogP contribution is -2.40. The molecule has 134 valence electrons. The normalized spacial score (nSPS) is 13.0. The number of halogens is 2. The predicted molar refractivity (Wildman–Crippen MR) is 96.7 cm³/mol. The quantitative estimate of drug-likeness (QED) is 0.793. The zero-order chi connectivity index (χ0) is 18.8. The maximum atomic E-state index is 12.4. The van der Waals surface area contributed by atoms with Crippen molar-refractivity contribution in [1.29, 1.82) is 0 Å². The average Bonchev–Trinajstić information content (AvgIpc) is 2.85. The van der Waals surface area contributed by atoms with Gasteiger partial charge in [-0.2, -0.15) is 0 Å². The second-order valence-corrected chi connectivity index (χ2v) is 6.45. The van der Waals surface area contributed by atoms with Crippen LogP contribution in [0.25, 0.3) is 0 Å². The van der Waals surface area contributed by atoms with Crippen LogP contribution >= 0.6 is 23.2 Å². The van der Waals surface area contributed by atoms with Crippen LogP contribution in [0.1, 0.15) is 26.3 Å². The van der Waals surface area contributed by atoms with E-state index in [2.05, 4.69) is 5.32 Å². The molecule has 0 bridgehead atoms. The number of nitrogens with one attached hydrogen (secondary N) is 1. The van der Waals surface area contributed by atoms with Gasteiger partial charge in [0.2, 0.25) is 5.91 Å². The Bertz CT molecular complexity index is 856. The molecule has 6 nitrogen and oxygen atoms in total. The molecule has 1 heterocycles. The first kappa shape index (κ1) is 18.2. The molecule has 0 aromatic heterocycles. The fourth-order valence-corrected chi connectivity index (χ4v) is 2.90. The van der Waals surface area contributed by atoms with E-state index in [1.54, 1.807) is 19.2 Å². The maximum Gasteiger partial charge on any atom is 0.262 e. The predicted octanol–water partition coefficient (Wildman–Crippen LogP) is 2.91. The van der Waals surface area contributed by atoms with Crippen molar-refractivity contribution in [3.05, 3.63) is 63.1 Å². The van der Waals surface area contributed by atoms with Gasteiger partial charge in [-0.25, -0.2) is 0 Å². The molecule has 0 radical (unpaired) electrons. The smallest absolute Gasteiger partial charge is 0.262 e. The molecule has 0 atom stereocenters. The number of imide groups is 1. The summed E-state index contributed by atoms with van der Waals surface area (Å²) in [5, 5.41) is 3.03. The van der Waals surface area contributed by atoms with E-state index >= 15 is 0 Å². The lowest BCUT2D eigenvalue weighted by Gasteiger charge is -2.13. The van der Waals surface area contributed by atoms with Gasteiger partial charge in [-0.05, 0) is 29.8 Å². The molecule has 1 N–H and O–H groups in total. The van der Waals surface area contributed by atoms with Gasteiger partial charge in [0.15, 0.2) is 0 Å². The van der Waals surface area contributed by atoms with Gasteiger partial charge >= 0.3 is 0 Å². The molecule has 8 heteroatoms. The molecule has 0 saturated carbocycles. The molecular weight excluding hydrogens is 379 g/mol. The Morgan fingerprint density at radius 2 is 1.58 bits per heavy atom. The van der Waals surface area contributed by atoms with Crippen molar-refractivity contribution in [1.82, 2.24) is 10.2 Å². The fourth-order valence-electron chi connectivity index (χ4n) is 2.57. The Balaban J connectivity index is 1.64. The molecule has 2 aromatic carbocycles. The largest absolute Gasteiger partial charge is 0.497 e. The summed E-state index contributed by atoms with van der Waals surface area (Å²) in [4.78, 5) is 37.7. The summed E-state index contributed by atoms with van der Waals surface area (Å²) in [6.07, 6.45) is 0. The Kier molecular flexibility index (Phi) is 5.15. The minimum absolute atomic E-state index is 0.146. The summed E-state index contributed by atoms with van der Waals surface area (Å²) >= 11 is 11.8. The van der Waals surface area contributed by atoms with Crippen LogP contribution in [0.15, 0.2) is 36.4 Å². The number of hydrogen-bond donors (Lipinski definition) is 1. The Morgan fingerprint density at radius 3 is 2.08 bits per heavy atom. The molecule has 1 aliphatic rings. The van der Waals surface area contributed by atoms with Gasteiger partial charge in [0, 0.05) is 6.54 Å². The zero-order valence-corrected chi connectivity index (χ0v) is 15.2. The monoisotopic (exact) mass is 392 g/mol. The summed E-state index contributed by atoms with van der Waals surface area (Å²) in [5.74, 6) is -0.873. The molecule has 0 aliphatic carbocycles. The first-order valence-electron chi connectivity index (χ1n) is 7.65. The van der Waals surface area contributed by atoms with Crippen molar-refractivity contribution in [2.45, 2.75) is 6.54 Å². The van der Waals surface area contributed by atoms with E-state index in [0.717, 1.165) is 10.5 Å². The summed E-state index contributed by atoms with van der Waals surface area (Å²) in [6.45, 7) is -0.110. The van der Waals surface area contributed by atoms with E-state index in [9.17, 15) is 14.4 Å². The van der Waals surface area contributed by atoms with Crippen molar-refractivity contribution >= 4 is 40.9 Å². The molecule has 26 heavy (non-hydrogen) atoms. The van der Waals surface area contributed by atoms with Crippen LogP contribution in [0.5, 0.6) is 5.75 Å². The Hall–Kier alpha value is -2.57. The molecular formula is C18H14Cl2N2O4. The third kappa shape index (κ3) is 3.52. The lowest BCUT2D eigenvalue weighted by atomic mass is 10.1. The number of amides is 3. The van der Waals surface area contributed by atoms with Crippen LogP contribution in [0.3, 0.4) is 0 Å². The number of ether oxygens (including phenoxy) is 1. The molecule has 3 amide bonds. The number of rotatable bonds is 5. The number of benzene rings is 2. The van der Waals surface area contributed by atoms with Crippen LogP contribution in [-0.2, 0) is 11.3 Å². The van der Waals surface area contributed by atoms with Gasteiger partial charge < -0.3 is 10.1 Å². The van der Waals surface area contributed by atoms with Crippen molar-refractivity contribution in [2.24, 2.45) is 0 Å². The molecule has 0 saturated heterocycles. The van der Waals surface area contributed by atoms with Crippen LogP contribution in [0, 0.1) is 0 Å². The molecule has 0 fully saturated rings. The standard InChI is InChI=1S/C18H14Cl2N2O4/c1-26-11-4-2-10(3-5-11)8-21-16(23)9-22-17(24)12-6-14(19)15(20)7-13(12)18(22)25/h2-7H,8-9H2,1H3,(H,21,23). The number of hydrogen-bond acceptors (Lipinski definition) is 4. The molecule has 3 rings (SSSR count). The SMILES string of the molecule is COc1ccc(CNC(=O)CN2C(=O)c3cc(Cl)c(Cl)cc3C2=O)cc1. The average molecular weight is 393 g/mol. The van der Waals surface area contributed by atoms with Gasteiger partial charge in [-0.15, -0.1) is 0 Å². The number of nitrogens with zero attached hydrogens (tertiary/aromatic N) is 1. The first-order valence-corrected chi connectivity index (χ1v) is 8.41. The number of fused-ring (bicyclic) bond motifs is 1. The second-order valence-electron chi connectivity index (χ2n) is 5.63. The lowest BCUT2D eigenvalue weighted by molar-refractivity contribution is -0.121. The maximum absolute atomic E-state index is 12.4. The highest BCUT2D eigenvalue weighted by atomic mass is 35.5. The highest BCUT2D eigenvalue weighted by Gasteiger charge is 2.37. The van der Waals surface area contributed by atoms with E-state index in [1.165, 1.54) is 12.1 Å². The third-order valence-corrected chi connectivity index (χ3v) is 4.68. The van der Waals surface area contributed by atoms with E-state index in [-0.39, 0.29) is 34.3 Å². The fraction of sp³-hybridized carbons (Fsp3) is 0.167. The van der Waals surface area contributed by atoms with Crippen LogP contribution in [0.2, 0.25) is 10.0 Å². The molecule has 0 spiro atoms. The molecule has 0 unspecified atom stereocenters. The van der Waals surface area contributed by atoms with Gasteiger partial charge in [-0.3, -0.25) is 19.3 Å². The third-order valence-electron chi connectivity index (χ3n) is 3.96. The van der Waals surface area contributed by atoms with Gasteiger partial charge in [0.25, 0.3) is 11.8 Å². The summed E-state index contributed by atoms with van der Waals surface area (Å²) in [6, 6.07) is 9.86. The Labute approximate surface area is 159 Å². The first-order chi connectivity index (χ1) is 12.4. The van der Waals surface area contributed by atoms with Crippen molar-refractivity contribution in [3.8, 4) is 5.75 Å². The van der Waals surface area contributed by atoms with E-state index < -0.39 is 17.7 Å². The van der Waals surface area contributed by atoms with Crippen LogP contribution in [0.4, 0.5) is 0 Å². The number of methoxy groups -OCH3 is 1. The zero-order valence-electron chi connectivity index (χ0n) is 13.7. The van der Waals surface area contributed by atoms with Crippen LogP contribution in [-0.4, -0.2) is 36.3 Å².